The predicted molar refractivity (Wildman–Crippen MR) is 231 cm³/mol. The quantitative estimate of drug-likeness (QED) is 0.0356. The van der Waals surface area contributed by atoms with Crippen LogP contribution in [0.25, 0.3) is 0 Å². The molecule has 2 rings (SSSR count). The molecule has 0 saturated carbocycles. The van der Waals surface area contributed by atoms with Crippen LogP contribution in [0.2, 0.25) is 0 Å². The first-order valence-corrected chi connectivity index (χ1v) is 24.3. The Bertz CT molecular complexity index is 1020. The van der Waals surface area contributed by atoms with E-state index in [1.54, 1.807) is 0 Å². The fourth-order valence-corrected chi connectivity index (χ4v) is 8.30. The van der Waals surface area contributed by atoms with Crippen molar-refractivity contribution < 1.29 is 64.6 Å². The largest absolute Gasteiger partial charge is 0.394 e. The van der Waals surface area contributed by atoms with E-state index in [9.17, 15) is 45.6 Å². The number of carbonyl (C=O) groups excluding carboxylic acids is 1. The molecule has 2 saturated heterocycles. The monoisotopic (exact) mass is 864 g/mol. The van der Waals surface area contributed by atoms with E-state index in [-0.39, 0.29) is 12.5 Å². The highest BCUT2D eigenvalue weighted by molar-refractivity contribution is 5.76. The van der Waals surface area contributed by atoms with Crippen LogP contribution in [0.5, 0.6) is 0 Å². The fraction of sp³-hybridized carbons (Fsp3) is 0.978. The van der Waals surface area contributed by atoms with Crippen LogP contribution in [0.15, 0.2) is 0 Å². The van der Waals surface area contributed by atoms with E-state index in [0.29, 0.717) is 12.8 Å². The maximum atomic E-state index is 13.1. The van der Waals surface area contributed by atoms with Gasteiger partial charge in [-0.3, -0.25) is 4.79 Å². The van der Waals surface area contributed by atoms with Gasteiger partial charge in [-0.15, -0.1) is 0 Å². The van der Waals surface area contributed by atoms with Gasteiger partial charge in [-0.05, 0) is 12.8 Å². The zero-order valence-electron chi connectivity index (χ0n) is 37.5. The van der Waals surface area contributed by atoms with Crippen molar-refractivity contribution >= 4 is 5.91 Å². The highest BCUT2D eigenvalue weighted by atomic mass is 16.7. The number of amides is 1. The summed E-state index contributed by atoms with van der Waals surface area (Å²) >= 11 is 0. The van der Waals surface area contributed by atoms with Gasteiger partial charge >= 0.3 is 0 Å². The molecule has 12 atom stereocenters. The van der Waals surface area contributed by atoms with Gasteiger partial charge in [0.05, 0.1) is 32.0 Å². The Morgan fingerprint density at radius 3 is 1.42 bits per heavy atom. The van der Waals surface area contributed by atoms with E-state index in [1.807, 2.05) is 0 Å². The normalized spacial score (nSPS) is 28.2. The van der Waals surface area contributed by atoms with E-state index in [0.717, 1.165) is 51.4 Å². The lowest BCUT2D eigenvalue weighted by Crippen LogP contribution is -2.65. The third-order valence-corrected chi connectivity index (χ3v) is 12.3. The Kier molecular flexibility index (Phi) is 31.6. The number of nitrogens with one attached hydrogen (secondary N) is 1. The minimum atomic E-state index is -1.78. The average molecular weight is 864 g/mol. The summed E-state index contributed by atoms with van der Waals surface area (Å²) in [5.74, 6) is -0.206. The first-order valence-electron chi connectivity index (χ1n) is 24.3. The summed E-state index contributed by atoms with van der Waals surface area (Å²) in [5, 5.41) is 86.7. The second-order valence-electron chi connectivity index (χ2n) is 17.6. The van der Waals surface area contributed by atoms with Gasteiger partial charge in [0.1, 0.15) is 48.8 Å². The van der Waals surface area contributed by atoms with Crippen LogP contribution in [-0.4, -0.2) is 140 Å². The van der Waals surface area contributed by atoms with Gasteiger partial charge in [0.15, 0.2) is 12.6 Å². The second kappa shape index (κ2) is 34.4. The molecule has 9 N–H and O–H groups in total. The van der Waals surface area contributed by atoms with E-state index in [4.69, 9.17) is 18.9 Å². The molecule has 0 bridgehead atoms. The molecule has 0 aromatic rings. The Labute approximate surface area is 362 Å². The standard InChI is InChI=1S/C46H89NO13/c1-3-5-7-9-11-13-15-17-18-19-21-23-25-27-29-35(50)34(47-38(51)30-28-26-24-22-20-16-14-12-10-8-6-4-2)33-57-45-43(56)41(54)44(37(32-49)59-45)60-46-42(55)40(53)39(52)36(31-48)58-46/h34-37,39-46,48-50,52-56H,3-33H2,1-2H3,(H,47,51)/t34-,35+,36+,37+,39-,40?,41?,42?,43?,44+,45+,46-/m0/s1. The molecule has 356 valence electrons. The van der Waals surface area contributed by atoms with Crippen LogP contribution < -0.4 is 5.32 Å². The number of aliphatic hydroxyl groups excluding tert-OH is 8. The van der Waals surface area contributed by atoms with Gasteiger partial charge in [0.2, 0.25) is 5.91 Å². The number of ether oxygens (including phenoxy) is 4. The first-order chi connectivity index (χ1) is 29.1. The molecule has 2 aliphatic heterocycles. The smallest absolute Gasteiger partial charge is 0.220 e. The summed E-state index contributed by atoms with van der Waals surface area (Å²) < 4.78 is 22.7. The molecular weight excluding hydrogens is 774 g/mol. The van der Waals surface area contributed by atoms with Crippen molar-refractivity contribution in [3.8, 4) is 0 Å². The van der Waals surface area contributed by atoms with Crippen LogP contribution in [0.4, 0.5) is 0 Å². The SMILES string of the molecule is CCCCCCCCCCCCCCCC[C@@H](O)[C@H](CO[C@@H]1O[C@H](CO)[C@@H](O[C@@H]2O[C@H](CO)[C@H](O)C(O)C2O)C(O)C1O)NC(=O)CCCCCCCCCCCCCC. The van der Waals surface area contributed by atoms with Crippen LogP contribution in [-0.2, 0) is 23.7 Å². The number of hydrogen-bond donors (Lipinski definition) is 9. The van der Waals surface area contributed by atoms with Crippen LogP contribution >= 0.6 is 0 Å². The van der Waals surface area contributed by atoms with Gasteiger partial charge in [0, 0.05) is 6.42 Å². The molecule has 14 heteroatoms. The summed E-state index contributed by atoms with van der Waals surface area (Å²) in [6, 6.07) is -0.819. The highest BCUT2D eigenvalue weighted by Crippen LogP contribution is 2.30. The van der Waals surface area contributed by atoms with E-state index in [2.05, 4.69) is 19.2 Å². The molecule has 2 fully saturated rings. The van der Waals surface area contributed by atoms with Gasteiger partial charge in [-0.25, -0.2) is 0 Å². The molecule has 14 nitrogen and oxygen atoms in total. The molecule has 0 aliphatic carbocycles. The molecule has 60 heavy (non-hydrogen) atoms. The lowest BCUT2D eigenvalue weighted by molar-refractivity contribution is -0.359. The summed E-state index contributed by atoms with van der Waals surface area (Å²) in [5.41, 5.74) is 0. The summed E-state index contributed by atoms with van der Waals surface area (Å²) in [6.45, 7) is 2.84. The Morgan fingerprint density at radius 2 is 0.950 bits per heavy atom. The van der Waals surface area contributed by atoms with E-state index < -0.39 is 86.8 Å². The molecule has 4 unspecified atom stereocenters. The third-order valence-electron chi connectivity index (χ3n) is 12.3. The number of aliphatic hydroxyl groups is 8. The summed E-state index contributed by atoms with van der Waals surface area (Å²) in [4.78, 5) is 13.1. The van der Waals surface area contributed by atoms with Crippen LogP contribution in [0, 0.1) is 0 Å². The minimum Gasteiger partial charge on any atom is -0.394 e. The molecule has 2 aliphatic rings. The van der Waals surface area contributed by atoms with Crippen molar-refractivity contribution in [1.82, 2.24) is 5.32 Å². The molecule has 2 heterocycles. The summed E-state index contributed by atoms with van der Waals surface area (Å²) in [7, 11) is 0. The van der Waals surface area contributed by atoms with E-state index in [1.165, 1.54) is 116 Å². The molecule has 0 aromatic heterocycles. The van der Waals surface area contributed by atoms with Gasteiger partial charge in [-0.2, -0.15) is 0 Å². The lowest BCUT2D eigenvalue weighted by atomic mass is 9.97. The first kappa shape index (κ1) is 55.1. The van der Waals surface area contributed by atoms with Crippen LogP contribution in [0.1, 0.15) is 194 Å². The third kappa shape index (κ3) is 22.1. The predicted octanol–water partition coefficient (Wildman–Crippen LogP) is 5.44. The molecule has 0 aromatic carbocycles. The number of hydrogen-bond acceptors (Lipinski definition) is 13. The fourth-order valence-electron chi connectivity index (χ4n) is 8.30. The zero-order chi connectivity index (χ0) is 44.0. The zero-order valence-corrected chi connectivity index (χ0v) is 37.5. The Hall–Kier alpha value is -1.01. The van der Waals surface area contributed by atoms with E-state index >= 15 is 0 Å². The van der Waals surface area contributed by atoms with Crippen molar-refractivity contribution in [2.45, 2.75) is 267 Å². The highest BCUT2D eigenvalue weighted by Gasteiger charge is 2.51. The Balaban J connectivity index is 1.86. The number of rotatable bonds is 37. The number of carbonyl (C=O) groups is 1. The summed E-state index contributed by atoms with van der Waals surface area (Å²) in [6.07, 6.45) is 15.3. The Morgan fingerprint density at radius 1 is 0.533 bits per heavy atom. The van der Waals surface area contributed by atoms with Crippen molar-refractivity contribution in [3.63, 3.8) is 0 Å². The van der Waals surface area contributed by atoms with Crippen LogP contribution in [0.3, 0.4) is 0 Å². The average Bonchev–Trinajstić information content (AvgIpc) is 3.24. The van der Waals surface area contributed by atoms with Gasteiger partial charge < -0.3 is 65.1 Å². The van der Waals surface area contributed by atoms with Crippen molar-refractivity contribution in [1.29, 1.82) is 0 Å². The van der Waals surface area contributed by atoms with Crippen molar-refractivity contribution in [2.75, 3.05) is 19.8 Å². The molecule has 0 spiro atoms. The lowest BCUT2D eigenvalue weighted by Gasteiger charge is -2.46. The van der Waals surface area contributed by atoms with Gasteiger partial charge in [-0.1, -0.05) is 174 Å². The van der Waals surface area contributed by atoms with Crippen molar-refractivity contribution in [3.05, 3.63) is 0 Å². The van der Waals surface area contributed by atoms with Gasteiger partial charge in [0.25, 0.3) is 0 Å². The van der Waals surface area contributed by atoms with Crippen molar-refractivity contribution in [2.24, 2.45) is 0 Å². The topological polar surface area (TPSA) is 228 Å². The molecule has 1 amide bonds. The molecular formula is C46H89NO13. The maximum absolute atomic E-state index is 13.1. The maximum Gasteiger partial charge on any atom is 0.220 e. The number of unbranched alkanes of at least 4 members (excludes halogenated alkanes) is 24. The molecule has 0 radical (unpaired) electrons. The minimum absolute atomic E-state index is 0.206. The second-order valence-corrected chi connectivity index (χ2v) is 17.6.